The summed E-state index contributed by atoms with van der Waals surface area (Å²) < 4.78 is 37.3. The molecule has 1 amide bonds. The first kappa shape index (κ1) is 18.4. The smallest absolute Gasteiger partial charge is 0.384 e. The molecule has 2 N–H and O–H groups in total. The zero-order valence-corrected chi connectivity index (χ0v) is 13.8. The van der Waals surface area contributed by atoms with Crippen molar-refractivity contribution in [3.05, 3.63) is 58.1 Å². The monoisotopic (exact) mass is 376 g/mol. The highest BCUT2D eigenvalue weighted by Gasteiger charge is 2.29. The van der Waals surface area contributed by atoms with Crippen molar-refractivity contribution in [2.45, 2.75) is 12.6 Å². The predicted octanol–water partition coefficient (Wildman–Crippen LogP) is 5.45. The molecule has 0 heterocycles. The van der Waals surface area contributed by atoms with Crippen LogP contribution in [0.5, 0.6) is 0 Å². The minimum absolute atomic E-state index is 0.140. The van der Waals surface area contributed by atoms with Crippen LogP contribution in [-0.2, 0) is 11.0 Å². The van der Waals surface area contributed by atoms with E-state index in [4.69, 9.17) is 23.2 Å². The molecule has 0 atom stereocenters. The van der Waals surface area contributed by atoms with Crippen molar-refractivity contribution in [3.63, 3.8) is 0 Å². The topological polar surface area (TPSA) is 41.1 Å². The van der Waals surface area contributed by atoms with Gasteiger partial charge in [-0.25, -0.2) is 0 Å². The Hall–Kier alpha value is -1.92. The van der Waals surface area contributed by atoms with E-state index in [1.165, 1.54) is 12.1 Å². The molecule has 0 saturated carbocycles. The van der Waals surface area contributed by atoms with Gasteiger partial charge in [-0.1, -0.05) is 23.2 Å². The fraction of sp³-hybridized carbons (Fsp3) is 0.188. The number of halogens is 5. The zero-order valence-electron chi connectivity index (χ0n) is 12.3. The zero-order chi connectivity index (χ0) is 17.7. The van der Waals surface area contributed by atoms with E-state index in [0.29, 0.717) is 28.0 Å². The quantitative estimate of drug-likeness (QED) is 0.727. The van der Waals surface area contributed by atoms with Crippen molar-refractivity contribution in [2.75, 3.05) is 17.2 Å². The summed E-state index contributed by atoms with van der Waals surface area (Å²) in [5, 5.41) is 6.37. The van der Waals surface area contributed by atoms with Crippen LogP contribution in [0.1, 0.15) is 12.0 Å². The summed E-state index contributed by atoms with van der Waals surface area (Å²) in [4.78, 5) is 11.8. The van der Waals surface area contributed by atoms with Crippen LogP contribution < -0.4 is 10.6 Å². The Labute approximate surface area is 146 Å². The minimum atomic E-state index is -4.40. The molecule has 0 radical (unpaired) electrons. The lowest BCUT2D eigenvalue weighted by Gasteiger charge is -2.10. The molecule has 3 nitrogen and oxygen atoms in total. The molecule has 2 aromatic carbocycles. The van der Waals surface area contributed by atoms with Crippen LogP contribution in [0.2, 0.25) is 10.0 Å². The summed E-state index contributed by atoms with van der Waals surface area (Å²) in [6.07, 6.45) is -4.26. The fourth-order valence-corrected chi connectivity index (χ4v) is 2.19. The van der Waals surface area contributed by atoms with E-state index in [-0.39, 0.29) is 12.3 Å². The molecule has 24 heavy (non-hydrogen) atoms. The van der Waals surface area contributed by atoms with E-state index < -0.39 is 11.7 Å². The third kappa shape index (κ3) is 5.32. The van der Waals surface area contributed by atoms with Gasteiger partial charge in [-0.3, -0.25) is 4.79 Å². The third-order valence-corrected chi connectivity index (χ3v) is 3.84. The Kier molecular flexibility index (Phi) is 5.96. The van der Waals surface area contributed by atoms with Gasteiger partial charge < -0.3 is 10.6 Å². The summed E-state index contributed by atoms with van der Waals surface area (Å²) in [6, 6.07) is 9.27. The van der Waals surface area contributed by atoms with Crippen molar-refractivity contribution in [3.8, 4) is 0 Å². The summed E-state index contributed by atoms with van der Waals surface area (Å²) in [5.41, 5.74) is 0.260. The van der Waals surface area contributed by atoms with Crippen LogP contribution >= 0.6 is 23.2 Å². The highest BCUT2D eigenvalue weighted by molar-refractivity contribution is 6.42. The molecule has 0 aliphatic carbocycles. The summed E-state index contributed by atoms with van der Waals surface area (Å²) in [6.45, 7) is 0.338. The summed E-state index contributed by atoms with van der Waals surface area (Å²) >= 11 is 11.7. The SMILES string of the molecule is O=C(CCNc1ccc(Cl)c(Cl)c1)Nc1ccc(C(F)(F)F)cc1. The lowest BCUT2D eigenvalue weighted by atomic mass is 10.2. The lowest BCUT2D eigenvalue weighted by molar-refractivity contribution is -0.137. The van der Waals surface area contributed by atoms with Crippen LogP contribution in [-0.4, -0.2) is 12.5 Å². The van der Waals surface area contributed by atoms with Gasteiger partial charge in [0.1, 0.15) is 0 Å². The minimum Gasteiger partial charge on any atom is -0.384 e. The van der Waals surface area contributed by atoms with Gasteiger partial charge in [-0.05, 0) is 42.5 Å². The summed E-state index contributed by atoms with van der Waals surface area (Å²) in [5.74, 6) is -0.317. The molecule has 8 heteroatoms. The van der Waals surface area contributed by atoms with Gasteiger partial charge in [0.05, 0.1) is 15.6 Å². The molecule has 0 bridgehead atoms. The second-order valence-corrected chi connectivity index (χ2v) is 5.74. The Bertz CT molecular complexity index is 718. The van der Waals surface area contributed by atoms with Gasteiger partial charge in [-0.2, -0.15) is 13.2 Å². The molecule has 2 aromatic rings. The second kappa shape index (κ2) is 7.77. The first-order valence-electron chi connectivity index (χ1n) is 6.92. The number of anilines is 2. The Morgan fingerprint density at radius 3 is 2.17 bits per heavy atom. The normalized spacial score (nSPS) is 11.2. The Morgan fingerprint density at radius 2 is 1.58 bits per heavy atom. The molecule has 2 rings (SSSR count). The van der Waals surface area contributed by atoms with Crippen molar-refractivity contribution >= 4 is 40.5 Å². The number of nitrogens with one attached hydrogen (secondary N) is 2. The molecule has 0 spiro atoms. The first-order chi connectivity index (χ1) is 11.3. The highest BCUT2D eigenvalue weighted by Crippen LogP contribution is 2.29. The van der Waals surface area contributed by atoms with E-state index in [2.05, 4.69) is 10.6 Å². The maximum Gasteiger partial charge on any atom is 0.416 e. The Morgan fingerprint density at radius 1 is 0.958 bits per heavy atom. The molecule has 0 aromatic heterocycles. The molecule has 0 aliphatic rings. The van der Waals surface area contributed by atoms with Gasteiger partial charge in [0, 0.05) is 24.3 Å². The highest BCUT2D eigenvalue weighted by atomic mass is 35.5. The van der Waals surface area contributed by atoms with Gasteiger partial charge in [0.25, 0.3) is 0 Å². The number of carbonyl (C=O) groups excluding carboxylic acids is 1. The standard InChI is InChI=1S/C16H13Cl2F3N2O/c17-13-6-5-12(9-14(13)18)22-8-7-15(24)23-11-3-1-10(2-4-11)16(19,20)21/h1-6,9,22H,7-8H2,(H,23,24). The number of carbonyl (C=O) groups is 1. The van der Waals surface area contributed by atoms with Crippen LogP contribution in [0.15, 0.2) is 42.5 Å². The lowest BCUT2D eigenvalue weighted by Crippen LogP contribution is -2.16. The first-order valence-corrected chi connectivity index (χ1v) is 7.67. The van der Waals surface area contributed by atoms with E-state index >= 15 is 0 Å². The summed E-state index contributed by atoms with van der Waals surface area (Å²) in [7, 11) is 0. The number of amides is 1. The number of hydrogen-bond donors (Lipinski definition) is 2. The predicted molar refractivity (Wildman–Crippen MR) is 89.6 cm³/mol. The second-order valence-electron chi connectivity index (χ2n) is 4.93. The van der Waals surface area contributed by atoms with Crippen molar-refractivity contribution in [2.24, 2.45) is 0 Å². The third-order valence-electron chi connectivity index (χ3n) is 3.10. The van der Waals surface area contributed by atoms with Gasteiger partial charge in [-0.15, -0.1) is 0 Å². The maximum atomic E-state index is 12.4. The van der Waals surface area contributed by atoms with Gasteiger partial charge in [0.2, 0.25) is 5.91 Å². The molecule has 0 fully saturated rings. The molecule has 0 saturated heterocycles. The molecule has 0 unspecified atom stereocenters. The van der Waals surface area contributed by atoms with Crippen LogP contribution in [0.25, 0.3) is 0 Å². The molecule has 128 valence electrons. The van der Waals surface area contributed by atoms with Crippen LogP contribution in [0, 0.1) is 0 Å². The average Bonchev–Trinajstić information content (AvgIpc) is 2.50. The Balaban J connectivity index is 1.81. The van der Waals surface area contributed by atoms with E-state index in [1.54, 1.807) is 18.2 Å². The molecular formula is C16H13Cl2F3N2O. The van der Waals surface area contributed by atoms with Crippen molar-refractivity contribution in [1.82, 2.24) is 0 Å². The van der Waals surface area contributed by atoms with Gasteiger partial charge in [0.15, 0.2) is 0 Å². The number of benzene rings is 2. The van der Waals surface area contributed by atoms with E-state index in [1.807, 2.05) is 0 Å². The number of alkyl halides is 3. The maximum absolute atomic E-state index is 12.4. The van der Waals surface area contributed by atoms with Gasteiger partial charge >= 0.3 is 6.18 Å². The van der Waals surface area contributed by atoms with Crippen molar-refractivity contribution < 1.29 is 18.0 Å². The number of hydrogen-bond acceptors (Lipinski definition) is 2. The van der Waals surface area contributed by atoms with E-state index in [9.17, 15) is 18.0 Å². The average molecular weight is 377 g/mol. The molecule has 0 aliphatic heterocycles. The van der Waals surface area contributed by atoms with Crippen LogP contribution in [0.3, 0.4) is 0 Å². The van der Waals surface area contributed by atoms with Crippen molar-refractivity contribution in [1.29, 1.82) is 0 Å². The van der Waals surface area contributed by atoms with E-state index in [0.717, 1.165) is 12.1 Å². The fourth-order valence-electron chi connectivity index (χ4n) is 1.89. The van der Waals surface area contributed by atoms with Crippen LogP contribution in [0.4, 0.5) is 24.5 Å². The molecular weight excluding hydrogens is 364 g/mol. The largest absolute Gasteiger partial charge is 0.416 e. The number of rotatable bonds is 5.